The summed E-state index contributed by atoms with van der Waals surface area (Å²) >= 11 is 9.02. The molecule has 2 nitrogen and oxygen atoms in total. The summed E-state index contributed by atoms with van der Waals surface area (Å²) in [4.78, 5) is 11.6. The minimum atomic E-state index is -0.439. The van der Waals surface area contributed by atoms with E-state index in [2.05, 4.69) is 28.2 Å². The van der Waals surface area contributed by atoms with Crippen LogP contribution in [0.5, 0.6) is 0 Å². The minimum absolute atomic E-state index is 0.104. The summed E-state index contributed by atoms with van der Waals surface area (Å²) in [5, 5.41) is 2.88. The predicted molar refractivity (Wildman–Crippen MR) is 71.9 cm³/mol. The van der Waals surface area contributed by atoms with E-state index in [9.17, 15) is 9.18 Å². The van der Waals surface area contributed by atoms with Gasteiger partial charge in [-0.2, -0.15) is 0 Å². The molecule has 0 aliphatic rings. The molecule has 1 rings (SSSR count). The van der Waals surface area contributed by atoms with E-state index in [-0.39, 0.29) is 10.9 Å². The molecule has 1 N–H and O–H groups in total. The van der Waals surface area contributed by atoms with Gasteiger partial charge in [0.2, 0.25) is 5.91 Å². The highest BCUT2D eigenvalue weighted by molar-refractivity contribution is 9.10. The summed E-state index contributed by atoms with van der Waals surface area (Å²) < 4.78 is 13.4. The van der Waals surface area contributed by atoms with Crippen LogP contribution in [0.15, 0.2) is 16.6 Å². The van der Waals surface area contributed by atoms with Crippen LogP contribution in [0.4, 0.5) is 10.1 Å². The fourth-order valence-electron chi connectivity index (χ4n) is 1.40. The first-order valence-electron chi connectivity index (χ1n) is 5.49. The molecule has 0 spiro atoms. The molecular weight excluding hydrogens is 308 g/mol. The number of amides is 1. The van der Waals surface area contributed by atoms with E-state index in [1.165, 1.54) is 12.1 Å². The van der Waals surface area contributed by atoms with Gasteiger partial charge in [-0.25, -0.2) is 4.39 Å². The molecule has 0 aliphatic heterocycles. The van der Waals surface area contributed by atoms with Crippen molar-refractivity contribution in [2.45, 2.75) is 32.6 Å². The second-order valence-electron chi connectivity index (χ2n) is 3.75. The standard InChI is InChI=1S/C12H14BrClFNO/c1-2-3-4-5-11(17)16-12-9(13)6-8(15)7-10(12)14/h6-7H,2-5H2,1H3,(H,16,17). The second kappa shape index (κ2) is 6.97. The SMILES string of the molecule is CCCCCC(=O)Nc1c(Cl)cc(F)cc1Br. The van der Waals surface area contributed by atoms with E-state index in [0.717, 1.165) is 19.3 Å². The van der Waals surface area contributed by atoms with Gasteiger partial charge in [-0.15, -0.1) is 0 Å². The van der Waals surface area contributed by atoms with Crippen LogP contribution in [-0.4, -0.2) is 5.91 Å². The highest BCUT2D eigenvalue weighted by Crippen LogP contribution is 2.31. The van der Waals surface area contributed by atoms with Crippen molar-refractivity contribution in [3.8, 4) is 0 Å². The lowest BCUT2D eigenvalue weighted by molar-refractivity contribution is -0.116. The van der Waals surface area contributed by atoms with Crippen molar-refractivity contribution in [2.75, 3.05) is 5.32 Å². The molecule has 17 heavy (non-hydrogen) atoms. The van der Waals surface area contributed by atoms with Crippen LogP contribution in [-0.2, 0) is 4.79 Å². The average Bonchev–Trinajstić information content (AvgIpc) is 2.24. The molecule has 0 atom stereocenters. The molecule has 1 aromatic rings. The number of halogens is 3. The zero-order valence-corrected chi connectivity index (χ0v) is 11.9. The number of benzene rings is 1. The van der Waals surface area contributed by atoms with Crippen LogP contribution in [0.1, 0.15) is 32.6 Å². The van der Waals surface area contributed by atoms with Crippen molar-refractivity contribution in [3.05, 3.63) is 27.4 Å². The molecular formula is C12H14BrClFNO. The zero-order chi connectivity index (χ0) is 12.8. The van der Waals surface area contributed by atoms with Crippen molar-refractivity contribution < 1.29 is 9.18 Å². The maximum absolute atomic E-state index is 13.0. The number of anilines is 1. The quantitative estimate of drug-likeness (QED) is 0.778. The first-order chi connectivity index (χ1) is 8.04. The Hall–Kier alpha value is -0.610. The van der Waals surface area contributed by atoms with Gasteiger partial charge in [0.15, 0.2) is 0 Å². The smallest absolute Gasteiger partial charge is 0.224 e. The molecule has 0 heterocycles. The van der Waals surface area contributed by atoms with E-state index < -0.39 is 5.82 Å². The monoisotopic (exact) mass is 321 g/mol. The maximum Gasteiger partial charge on any atom is 0.224 e. The van der Waals surface area contributed by atoms with E-state index in [1.54, 1.807) is 0 Å². The molecule has 94 valence electrons. The normalized spacial score (nSPS) is 10.4. The van der Waals surface area contributed by atoms with Crippen LogP contribution < -0.4 is 5.32 Å². The maximum atomic E-state index is 13.0. The molecule has 1 amide bonds. The van der Waals surface area contributed by atoms with Crippen molar-refractivity contribution in [2.24, 2.45) is 0 Å². The third-order valence-electron chi connectivity index (χ3n) is 2.28. The van der Waals surface area contributed by atoms with Gasteiger partial charge in [0, 0.05) is 10.9 Å². The summed E-state index contributed by atoms with van der Waals surface area (Å²) in [7, 11) is 0. The number of hydrogen-bond donors (Lipinski definition) is 1. The van der Waals surface area contributed by atoms with E-state index in [4.69, 9.17) is 11.6 Å². The molecule has 0 unspecified atom stereocenters. The predicted octanol–water partition coefficient (Wildman–Crippen LogP) is 4.76. The molecule has 0 radical (unpaired) electrons. The Bertz CT molecular complexity index is 388. The summed E-state index contributed by atoms with van der Waals surface area (Å²) in [6, 6.07) is 2.45. The Morgan fingerprint density at radius 2 is 2.18 bits per heavy atom. The van der Waals surface area contributed by atoms with Gasteiger partial charge in [-0.3, -0.25) is 4.79 Å². The lowest BCUT2D eigenvalue weighted by atomic mass is 10.2. The number of rotatable bonds is 5. The molecule has 5 heteroatoms. The molecule has 0 aromatic heterocycles. The highest BCUT2D eigenvalue weighted by Gasteiger charge is 2.11. The lowest BCUT2D eigenvalue weighted by Gasteiger charge is -2.09. The average molecular weight is 323 g/mol. The van der Waals surface area contributed by atoms with Crippen LogP contribution >= 0.6 is 27.5 Å². The van der Waals surface area contributed by atoms with Crippen LogP contribution in [0.25, 0.3) is 0 Å². The van der Waals surface area contributed by atoms with E-state index in [0.29, 0.717) is 16.6 Å². The molecule has 0 saturated carbocycles. The summed E-state index contributed by atoms with van der Waals surface area (Å²) in [5.41, 5.74) is 0.426. The van der Waals surface area contributed by atoms with Crippen LogP contribution in [0.2, 0.25) is 5.02 Å². The molecule has 1 aromatic carbocycles. The number of carbonyl (C=O) groups is 1. The largest absolute Gasteiger partial charge is 0.324 e. The summed E-state index contributed by atoms with van der Waals surface area (Å²) in [5.74, 6) is -0.543. The number of carbonyl (C=O) groups excluding carboxylic acids is 1. The van der Waals surface area contributed by atoms with Gasteiger partial charge in [0.1, 0.15) is 5.82 Å². The first kappa shape index (κ1) is 14.5. The van der Waals surface area contributed by atoms with Crippen LogP contribution in [0, 0.1) is 5.82 Å². The van der Waals surface area contributed by atoms with Gasteiger partial charge >= 0.3 is 0 Å². The van der Waals surface area contributed by atoms with E-state index >= 15 is 0 Å². The van der Waals surface area contributed by atoms with Crippen LogP contribution in [0.3, 0.4) is 0 Å². The Morgan fingerprint density at radius 1 is 1.47 bits per heavy atom. The molecule has 0 saturated heterocycles. The zero-order valence-electron chi connectivity index (χ0n) is 9.53. The van der Waals surface area contributed by atoms with Gasteiger partial charge < -0.3 is 5.32 Å². The number of hydrogen-bond acceptors (Lipinski definition) is 1. The highest BCUT2D eigenvalue weighted by atomic mass is 79.9. The number of nitrogens with one attached hydrogen (secondary N) is 1. The third-order valence-corrected chi connectivity index (χ3v) is 3.20. The summed E-state index contributed by atoms with van der Waals surface area (Å²) in [6.07, 6.45) is 3.38. The van der Waals surface area contributed by atoms with Gasteiger partial charge in [-0.05, 0) is 34.5 Å². The first-order valence-corrected chi connectivity index (χ1v) is 6.66. The fraction of sp³-hybridized carbons (Fsp3) is 0.417. The molecule has 0 bridgehead atoms. The van der Waals surface area contributed by atoms with Gasteiger partial charge in [-0.1, -0.05) is 31.4 Å². The lowest BCUT2D eigenvalue weighted by Crippen LogP contribution is -2.12. The minimum Gasteiger partial charge on any atom is -0.324 e. The van der Waals surface area contributed by atoms with Gasteiger partial charge in [0.05, 0.1) is 10.7 Å². The topological polar surface area (TPSA) is 29.1 Å². The Labute approximate surface area is 114 Å². The van der Waals surface area contributed by atoms with E-state index in [1.807, 2.05) is 0 Å². The third kappa shape index (κ3) is 4.64. The Balaban J connectivity index is 2.65. The molecule has 0 fully saturated rings. The van der Waals surface area contributed by atoms with Gasteiger partial charge in [0.25, 0.3) is 0 Å². The number of unbranched alkanes of at least 4 members (excludes halogenated alkanes) is 2. The fourth-order valence-corrected chi connectivity index (χ4v) is 2.30. The Kier molecular flexibility index (Phi) is 5.92. The van der Waals surface area contributed by atoms with Crippen molar-refractivity contribution in [3.63, 3.8) is 0 Å². The molecule has 0 aliphatic carbocycles. The van der Waals surface area contributed by atoms with Crippen molar-refractivity contribution >= 4 is 39.1 Å². The Morgan fingerprint density at radius 3 is 2.76 bits per heavy atom. The van der Waals surface area contributed by atoms with Crippen molar-refractivity contribution in [1.29, 1.82) is 0 Å². The second-order valence-corrected chi connectivity index (χ2v) is 5.01. The van der Waals surface area contributed by atoms with Crippen molar-refractivity contribution in [1.82, 2.24) is 0 Å². The summed E-state index contributed by atoms with van der Waals surface area (Å²) in [6.45, 7) is 2.07.